The van der Waals surface area contributed by atoms with Gasteiger partial charge in [0.05, 0.1) is 14.2 Å². The van der Waals surface area contributed by atoms with Crippen LogP contribution < -0.4 is 15.2 Å². The molecule has 1 aliphatic rings. The lowest BCUT2D eigenvalue weighted by Gasteiger charge is -2.19. The van der Waals surface area contributed by atoms with Gasteiger partial charge in [-0.2, -0.15) is 0 Å². The number of halogens is 1. The first kappa shape index (κ1) is 13.7. The van der Waals surface area contributed by atoms with Crippen LogP contribution >= 0.6 is 15.9 Å². The van der Waals surface area contributed by atoms with Gasteiger partial charge < -0.3 is 15.2 Å². The summed E-state index contributed by atoms with van der Waals surface area (Å²) in [6.07, 6.45) is 3.99. The van der Waals surface area contributed by atoms with Crippen LogP contribution in [0.25, 0.3) is 0 Å². The minimum atomic E-state index is -0.0215. The Morgan fingerprint density at radius 2 is 1.78 bits per heavy atom. The van der Waals surface area contributed by atoms with E-state index in [0.29, 0.717) is 0 Å². The number of nitrogens with two attached hydrogens (primary N) is 1. The molecular formula is C14H20BrNO2. The average Bonchev–Trinajstić information content (AvgIpc) is 3.06. The molecule has 4 heteroatoms. The van der Waals surface area contributed by atoms with Gasteiger partial charge >= 0.3 is 0 Å². The molecular weight excluding hydrogens is 294 g/mol. The standard InChI is InChI=1S/C14H20BrNO2/c1-4-9-7-10(8-14(16)5-6-14)13(18-3)11(15)12(9)17-2/h7H,4-6,8,16H2,1-3H3. The van der Waals surface area contributed by atoms with Crippen molar-refractivity contribution < 1.29 is 9.47 Å². The minimum absolute atomic E-state index is 0.0215. The average molecular weight is 314 g/mol. The Labute approximate surface area is 117 Å². The summed E-state index contributed by atoms with van der Waals surface area (Å²) in [5.74, 6) is 1.71. The molecule has 1 aliphatic carbocycles. The van der Waals surface area contributed by atoms with Crippen molar-refractivity contribution in [2.45, 2.75) is 38.1 Å². The van der Waals surface area contributed by atoms with E-state index in [4.69, 9.17) is 15.2 Å². The highest BCUT2D eigenvalue weighted by Crippen LogP contribution is 2.44. The normalized spacial score (nSPS) is 16.5. The first-order valence-corrected chi connectivity index (χ1v) is 7.05. The van der Waals surface area contributed by atoms with E-state index in [1.54, 1.807) is 14.2 Å². The molecule has 1 aromatic rings. The minimum Gasteiger partial charge on any atom is -0.495 e. The van der Waals surface area contributed by atoms with Crippen molar-refractivity contribution in [1.29, 1.82) is 0 Å². The largest absolute Gasteiger partial charge is 0.495 e. The molecule has 0 heterocycles. The fraction of sp³-hybridized carbons (Fsp3) is 0.571. The van der Waals surface area contributed by atoms with E-state index in [2.05, 4.69) is 28.9 Å². The first-order valence-electron chi connectivity index (χ1n) is 6.25. The van der Waals surface area contributed by atoms with E-state index in [9.17, 15) is 0 Å². The number of benzene rings is 1. The Bertz CT molecular complexity index is 456. The highest BCUT2D eigenvalue weighted by atomic mass is 79.9. The summed E-state index contributed by atoms with van der Waals surface area (Å²) in [6.45, 7) is 2.12. The topological polar surface area (TPSA) is 44.5 Å². The van der Waals surface area contributed by atoms with Gasteiger partial charge in [-0.25, -0.2) is 0 Å². The summed E-state index contributed by atoms with van der Waals surface area (Å²) >= 11 is 3.58. The zero-order chi connectivity index (χ0) is 13.3. The molecule has 0 atom stereocenters. The van der Waals surface area contributed by atoms with Crippen molar-refractivity contribution in [2.75, 3.05) is 14.2 Å². The first-order chi connectivity index (χ1) is 8.54. The van der Waals surface area contributed by atoms with E-state index in [-0.39, 0.29) is 5.54 Å². The molecule has 0 radical (unpaired) electrons. The van der Waals surface area contributed by atoms with Crippen molar-refractivity contribution in [3.8, 4) is 11.5 Å². The third-order valence-corrected chi connectivity index (χ3v) is 4.27. The third kappa shape index (κ3) is 2.50. The lowest BCUT2D eigenvalue weighted by atomic mass is 9.99. The van der Waals surface area contributed by atoms with Gasteiger partial charge in [0.15, 0.2) is 0 Å². The Kier molecular flexibility index (Phi) is 3.87. The Morgan fingerprint density at radius 1 is 1.22 bits per heavy atom. The molecule has 0 amide bonds. The Balaban J connectivity index is 2.47. The molecule has 0 spiro atoms. The number of methoxy groups -OCH3 is 2. The van der Waals surface area contributed by atoms with Gasteiger partial charge in [-0.05, 0) is 58.8 Å². The highest BCUT2D eigenvalue weighted by molar-refractivity contribution is 9.10. The van der Waals surface area contributed by atoms with Gasteiger partial charge in [-0.3, -0.25) is 0 Å². The molecule has 2 rings (SSSR count). The predicted octanol–water partition coefficient (Wildman–Crippen LogP) is 3.06. The van der Waals surface area contributed by atoms with Gasteiger partial charge in [-0.1, -0.05) is 6.92 Å². The van der Waals surface area contributed by atoms with Crippen LogP contribution in [-0.4, -0.2) is 19.8 Å². The summed E-state index contributed by atoms with van der Waals surface area (Å²) in [6, 6.07) is 2.16. The molecule has 1 aromatic carbocycles. The second-order valence-corrected chi connectivity index (χ2v) is 5.76. The SMILES string of the molecule is CCc1cc(CC2(N)CC2)c(OC)c(Br)c1OC. The molecule has 0 aliphatic heterocycles. The lowest BCUT2D eigenvalue weighted by molar-refractivity contribution is 0.382. The lowest BCUT2D eigenvalue weighted by Crippen LogP contribution is -2.25. The van der Waals surface area contributed by atoms with Crippen LogP contribution in [0, 0.1) is 0 Å². The fourth-order valence-corrected chi connectivity index (χ4v) is 3.11. The van der Waals surface area contributed by atoms with Gasteiger partial charge in [0, 0.05) is 5.54 Å². The van der Waals surface area contributed by atoms with Crippen LogP contribution in [0.5, 0.6) is 11.5 Å². The van der Waals surface area contributed by atoms with Gasteiger partial charge in [0.2, 0.25) is 0 Å². The second kappa shape index (κ2) is 5.10. The van der Waals surface area contributed by atoms with E-state index in [1.165, 1.54) is 11.1 Å². The summed E-state index contributed by atoms with van der Waals surface area (Å²) in [5, 5.41) is 0. The number of aryl methyl sites for hydroxylation is 1. The molecule has 0 aromatic heterocycles. The van der Waals surface area contributed by atoms with Gasteiger partial charge in [-0.15, -0.1) is 0 Å². The number of hydrogen-bond donors (Lipinski definition) is 1. The molecule has 3 nitrogen and oxygen atoms in total. The molecule has 2 N–H and O–H groups in total. The Hall–Kier alpha value is -0.740. The summed E-state index contributed by atoms with van der Waals surface area (Å²) in [7, 11) is 3.37. The number of rotatable bonds is 5. The van der Waals surface area contributed by atoms with Crippen molar-refractivity contribution in [1.82, 2.24) is 0 Å². The zero-order valence-electron chi connectivity index (χ0n) is 11.2. The maximum absolute atomic E-state index is 6.21. The van der Waals surface area contributed by atoms with Crippen molar-refractivity contribution in [2.24, 2.45) is 5.73 Å². The molecule has 100 valence electrons. The van der Waals surface area contributed by atoms with E-state index in [0.717, 1.165) is 41.7 Å². The Morgan fingerprint density at radius 3 is 2.22 bits per heavy atom. The zero-order valence-corrected chi connectivity index (χ0v) is 12.8. The maximum Gasteiger partial charge on any atom is 0.140 e. The van der Waals surface area contributed by atoms with Crippen LogP contribution in [0.15, 0.2) is 10.5 Å². The van der Waals surface area contributed by atoms with Crippen LogP contribution in [0.1, 0.15) is 30.9 Å². The summed E-state index contributed by atoms with van der Waals surface area (Å²) in [5.41, 5.74) is 8.54. The van der Waals surface area contributed by atoms with E-state index >= 15 is 0 Å². The molecule has 0 saturated heterocycles. The smallest absolute Gasteiger partial charge is 0.140 e. The fourth-order valence-electron chi connectivity index (χ4n) is 2.28. The van der Waals surface area contributed by atoms with Crippen LogP contribution in [0.2, 0.25) is 0 Å². The molecule has 0 unspecified atom stereocenters. The van der Waals surface area contributed by atoms with Crippen LogP contribution in [0.3, 0.4) is 0 Å². The molecule has 18 heavy (non-hydrogen) atoms. The summed E-state index contributed by atoms with van der Waals surface area (Å²) in [4.78, 5) is 0. The van der Waals surface area contributed by atoms with Gasteiger partial charge in [0.25, 0.3) is 0 Å². The quantitative estimate of drug-likeness (QED) is 0.908. The molecule has 1 fully saturated rings. The monoisotopic (exact) mass is 313 g/mol. The number of ether oxygens (including phenoxy) is 2. The second-order valence-electron chi connectivity index (χ2n) is 4.97. The van der Waals surface area contributed by atoms with Crippen LogP contribution in [0.4, 0.5) is 0 Å². The third-order valence-electron chi connectivity index (χ3n) is 3.55. The van der Waals surface area contributed by atoms with E-state index < -0.39 is 0 Å². The van der Waals surface area contributed by atoms with E-state index in [1.807, 2.05) is 0 Å². The van der Waals surface area contributed by atoms with Gasteiger partial charge in [0.1, 0.15) is 16.0 Å². The van der Waals surface area contributed by atoms with Crippen molar-refractivity contribution in [3.05, 3.63) is 21.7 Å². The molecule has 1 saturated carbocycles. The van der Waals surface area contributed by atoms with Crippen molar-refractivity contribution >= 4 is 15.9 Å². The van der Waals surface area contributed by atoms with Crippen molar-refractivity contribution in [3.63, 3.8) is 0 Å². The maximum atomic E-state index is 6.21. The van der Waals surface area contributed by atoms with Crippen LogP contribution in [-0.2, 0) is 12.8 Å². The number of hydrogen-bond acceptors (Lipinski definition) is 3. The highest BCUT2D eigenvalue weighted by Gasteiger charge is 2.39. The predicted molar refractivity (Wildman–Crippen MR) is 76.5 cm³/mol. The molecule has 0 bridgehead atoms. The summed E-state index contributed by atoms with van der Waals surface area (Å²) < 4.78 is 11.9.